The Hall–Kier alpha value is -0.870. The molecule has 1 N–H and O–H groups in total. The third-order valence-electron chi connectivity index (χ3n) is 4.64. The van der Waals surface area contributed by atoms with E-state index in [4.69, 9.17) is 9.84 Å². The van der Waals surface area contributed by atoms with Crippen molar-refractivity contribution in [2.75, 3.05) is 13.7 Å². The van der Waals surface area contributed by atoms with Crippen LogP contribution in [0.5, 0.6) is 0 Å². The highest BCUT2D eigenvalue weighted by atomic mass is 16.5. The van der Waals surface area contributed by atoms with Crippen LogP contribution in [0.1, 0.15) is 64.1 Å². The van der Waals surface area contributed by atoms with Gasteiger partial charge in [-0.15, -0.1) is 0 Å². The van der Waals surface area contributed by atoms with E-state index in [-0.39, 0.29) is 6.10 Å². The molecular weight excluding hydrogens is 262 g/mol. The standard InChI is InChI=1S/C17H31N3O/c1-4-11-18-17(14(2)21-3)13-15-10-12-20(19-15)16-8-6-5-7-9-16/h10,12,14,16-18H,4-9,11,13H2,1-3H3. The lowest BCUT2D eigenvalue weighted by Crippen LogP contribution is -2.41. The number of hydrogen-bond acceptors (Lipinski definition) is 3. The van der Waals surface area contributed by atoms with Gasteiger partial charge >= 0.3 is 0 Å². The Morgan fingerprint density at radius 1 is 1.38 bits per heavy atom. The predicted octanol–water partition coefficient (Wildman–Crippen LogP) is 3.33. The van der Waals surface area contributed by atoms with Gasteiger partial charge < -0.3 is 10.1 Å². The van der Waals surface area contributed by atoms with Crippen molar-refractivity contribution >= 4 is 0 Å². The highest BCUT2D eigenvalue weighted by molar-refractivity contribution is 5.03. The molecule has 2 unspecified atom stereocenters. The molecule has 0 aromatic carbocycles. The number of rotatable bonds is 8. The zero-order valence-corrected chi connectivity index (χ0v) is 13.8. The maximum Gasteiger partial charge on any atom is 0.0700 e. The van der Waals surface area contributed by atoms with Crippen LogP contribution in [0.15, 0.2) is 12.3 Å². The Balaban J connectivity index is 1.95. The van der Waals surface area contributed by atoms with Gasteiger partial charge in [-0.3, -0.25) is 4.68 Å². The number of nitrogens with zero attached hydrogens (tertiary/aromatic N) is 2. The summed E-state index contributed by atoms with van der Waals surface area (Å²) in [5.74, 6) is 0. The first-order chi connectivity index (χ1) is 10.2. The fraction of sp³-hybridized carbons (Fsp3) is 0.824. The molecule has 1 aromatic rings. The molecule has 4 nitrogen and oxygen atoms in total. The Morgan fingerprint density at radius 2 is 2.14 bits per heavy atom. The Bertz CT molecular complexity index is 398. The summed E-state index contributed by atoms with van der Waals surface area (Å²) in [7, 11) is 1.78. The van der Waals surface area contributed by atoms with Gasteiger partial charge in [-0.1, -0.05) is 26.2 Å². The van der Waals surface area contributed by atoms with Crippen molar-refractivity contribution in [2.45, 2.75) is 77.0 Å². The fourth-order valence-corrected chi connectivity index (χ4v) is 3.16. The molecule has 0 spiro atoms. The molecular formula is C17H31N3O. The van der Waals surface area contributed by atoms with E-state index >= 15 is 0 Å². The molecule has 2 atom stereocenters. The van der Waals surface area contributed by atoms with Crippen molar-refractivity contribution < 1.29 is 4.74 Å². The van der Waals surface area contributed by atoms with E-state index < -0.39 is 0 Å². The maximum atomic E-state index is 5.51. The molecule has 1 aliphatic carbocycles. The SMILES string of the molecule is CCCNC(Cc1ccn(C2CCCCC2)n1)C(C)OC. The van der Waals surface area contributed by atoms with Gasteiger partial charge in [-0.05, 0) is 38.8 Å². The highest BCUT2D eigenvalue weighted by Gasteiger charge is 2.20. The van der Waals surface area contributed by atoms with Gasteiger partial charge in [0, 0.05) is 25.8 Å². The second-order valence-electron chi connectivity index (χ2n) is 6.28. The minimum absolute atomic E-state index is 0.205. The summed E-state index contributed by atoms with van der Waals surface area (Å²) in [6, 6.07) is 3.14. The van der Waals surface area contributed by atoms with Crippen LogP contribution in [0.3, 0.4) is 0 Å². The van der Waals surface area contributed by atoms with Crippen molar-refractivity contribution in [3.05, 3.63) is 18.0 Å². The molecule has 0 radical (unpaired) electrons. The van der Waals surface area contributed by atoms with Crippen LogP contribution in [0, 0.1) is 0 Å². The first-order valence-corrected chi connectivity index (χ1v) is 8.54. The summed E-state index contributed by atoms with van der Waals surface area (Å²) < 4.78 is 7.70. The molecule has 1 saturated carbocycles. The zero-order valence-electron chi connectivity index (χ0n) is 13.8. The second kappa shape index (κ2) is 8.54. The Kier molecular flexibility index (Phi) is 6.71. The van der Waals surface area contributed by atoms with Crippen molar-refractivity contribution in [3.8, 4) is 0 Å². The third-order valence-corrected chi connectivity index (χ3v) is 4.64. The molecule has 120 valence electrons. The lowest BCUT2D eigenvalue weighted by atomic mass is 9.96. The van der Waals surface area contributed by atoms with Gasteiger partial charge in [-0.2, -0.15) is 5.10 Å². The van der Waals surface area contributed by atoms with Crippen molar-refractivity contribution in [2.24, 2.45) is 0 Å². The predicted molar refractivity (Wildman–Crippen MR) is 86.6 cm³/mol. The molecule has 1 heterocycles. The largest absolute Gasteiger partial charge is 0.380 e. The van der Waals surface area contributed by atoms with E-state index in [9.17, 15) is 0 Å². The smallest absolute Gasteiger partial charge is 0.0700 e. The van der Waals surface area contributed by atoms with E-state index in [0.717, 1.165) is 19.4 Å². The molecule has 4 heteroatoms. The van der Waals surface area contributed by atoms with Crippen LogP contribution < -0.4 is 5.32 Å². The lowest BCUT2D eigenvalue weighted by molar-refractivity contribution is 0.0826. The van der Waals surface area contributed by atoms with Crippen LogP contribution in [-0.4, -0.2) is 35.6 Å². The van der Waals surface area contributed by atoms with E-state index in [0.29, 0.717) is 12.1 Å². The quantitative estimate of drug-likeness (QED) is 0.799. The normalized spacial score (nSPS) is 19.6. The number of hydrogen-bond donors (Lipinski definition) is 1. The van der Waals surface area contributed by atoms with Crippen LogP contribution >= 0.6 is 0 Å². The summed E-state index contributed by atoms with van der Waals surface area (Å²) in [5, 5.41) is 8.40. The van der Waals surface area contributed by atoms with Gasteiger partial charge in [0.15, 0.2) is 0 Å². The van der Waals surface area contributed by atoms with Gasteiger partial charge in [0.05, 0.1) is 17.8 Å². The van der Waals surface area contributed by atoms with Gasteiger partial charge in [0.1, 0.15) is 0 Å². The molecule has 1 fully saturated rings. The molecule has 0 saturated heterocycles. The van der Waals surface area contributed by atoms with E-state index in [1.165, 1.54) is 37.8 Å². The number of ether oxygens (including phenoxy) is 1. The maximum absolute atomic E-state index is 5.51. The monoisotopic (exact) mass is 293 g/mol. The molecule has 0 bridgehead atoms. The number of nitrogens with one attached hydrogen (secondary N) is 1. The highest BCUT2D eigenvalue weighted by Crippen LogP contribution is 2.27. The zero-order chi connectivity index (χ0) is 15.1. The van der Waals surface area contributed by atoms with Crippen molar-refractivity contribution in [1.29, 1.82) is 0 Å². The van der Waals surface area contributed by atoms with Crippen LogP contribution in [0.25, 0.3) is 0 Å². The number of methoxy groups -OCH3 is 1. The van der Waals surface area contributed by atoms with Crippen LogP contribution in [0.2, 0.25) is 0 Å². The first-order valence-electron chi connectivity index (χ1n) is 8.54. The van der Waals surface area contributed by atoms with E-state index in [1.54, 1.807) is 7.11 Å². The van der Waals surface area contributed by atoms with Crippen LogP contribution in [0.4, 0.5) is 0 Å². The molecule has 1 aliphatic rings. The third kappa shape index (κ3) is 4.82. The van der Waals surface area contributed by atoms with Crippen molar-refractivity contribution in [3.63, 3.8) is 0 Å². The summed E-state index contributed by atoms with van der Waals surface area (Å²) >= 11 is 0. The van der Waals surface area contributed by atoms with E-state index in [1.807, 2.05) is 0 Å². The molecule has 21 heavy (non-hydrogen) atoms. The average Bonchev–Trinajstić information content (AvgIpc) is 3.00. The second-order valence-corrected chi connectivity index (χ2v) is 6.28. The van der Waals surface area contributed by atoms with Crippen molar-refractivity contribution in [1.82, 2.24) is 15.1 Å². The van der Waals surface area contributed by atoms with E-state index in [2.05, 4.69) is 36.1 Å². The van der Waals surface area contributed by atoms with Gasteiger partial charge in [0.25, 0.3) is 0 Å². The summed E-state index contributed by atoms with van der Waals surface area (Å²) in [6.45, 7) is 5.35. The first kappa shape index (κ1) is 16.5. The van der Waals surface area contributed by atoms with Gasteiger partial charge in [0.2, 0.25) is 0 Å². The summed E-state index contributed by atoms with van der Waals surface area (Å²) in [6.07, 6.45) is 11.1. The minimum atomic E-state index is 0.205. The summed E-state index contributed by atoms with van der Waals surface area (Å²) in [5.41, 5.74) is 1.18. The van der Waals surface area contributed by atoms with Crippen LogP contribution in [-0.2, 0) is 11.2 Å². The average molecular weight is 293 g/mol. The fourth-order valence-electron chi connectivity index (χ4n) is 3.16. The topological polar surface area (TPSA) is 39.1 Å². The van der Waals surface area contributed by atoms with Gasteiger partial charge in [-0.25, -0.2) is 0 Å². The molecule has 2 rings (SSSR count). The minimum Gasteiger partial charge on any atom is -0.380 e. The molecule has 0 amide bonds. The summed E-state index contributed by atoms with van der Waals surface area (Å²) in [4.78, 5) is 0. The molecule has 0 aliphatic heterocycles. The Labute approximate surface area is 129 Å². The number of aromatic nitrogens is 2. The molecule has 1 aromatic heterocycles. The lowest BCUT2D eigenvalue weighted by Gasteiger charge is -2.24. The Morgan fingerprint density at radius 3 is 2.81 bits per heavy atom.